The summed E-state index contributed by atoms with van der Waals surface area (Å²) >= 11 is 0. The van der Waals surface area contributed by atoms with Crippen LogP contribution in [-0.4, -0.2) is 23.0 Å². The number of carbonyl (C=O) groups is 3. The zero-order valence-corrected chi connectivity index (χ0v) is 16.2. The van der Waals surface area contributed by atoms with E-state index in [2.05, 4.69) is 0 Å². The smallest absolute Gasteiger partial charge is 0.336 e. The van der Waals surface area contributed by atoms with Gasteiger partial charge in [0.1, 0.15) is 11.5 Å². The van der Waals surface area contributed by atoms with E-state index in [1.165, 1.54) is 19.9 Å². The summed E-state index contributed by atoms with van der Waals surface area (Å²) in [5, 5.41) is 9.62. The average Bonchev–Trinajstić information content (AvgIpc) is 2.58. The first-order valence-electron chi connectivity index (χ1n) is 8.74. The molecule has 2 aromatic carbocycles. The first-order chi connectivity index (χ1) is 13.2. The van der Waals surface area contributed by atoms with Crippen LogP contribution >= 0.6 is 0 Å². The summed E-state index contributed by atoms with van der Waals surface area (Å²) in [6.07, 6.45) is 1.45. The largest absolute Gasteiger partial charge is 0.478 e. The predicted molar refractivity (Wildman–Crippen MR) is 105 cm³/mol. The van der Waals surface area contributed by atoms with Crippen LogP contribution in [0.1, 0.15) is 50.3 Å². The van der Waals surface area contributed by atoms with Crippen LogP contribution in [0.2, 0.25) is 0 Å². The Morgan fingerprint density at radius 3 is 1.82 bits per heavy atom. The molecule has 2 rings (SSSR count). The number of hydrogen-bond donors (Lipinski definition) is 1. The van der Waals surface area contributed by atoms with Gasteiger partial charge in [0.05, 0.1) is 5.57 Å². The SMILES string of the molecule is CC(=O)Oc1cc(C=C(C(=O)O)c2ccccc2)cc(OC(C)=O)c1C(C)C. The molecule has 0 aliphatic rings. The second-order valence-corrected chi connectivity index (χ2v) is 6.50. The van der Waals surface area contributed by atoms with Crippen LogP contribution in [0, 0.1) is 0 Å². The number of hydrogen-bond acceptors (Lipinski definition) is 5. The minimum atomic E-state index is -1.11. The van der Waals surface area contributed by atoms with Gasteiger partial charge in [-0.1, -0.05) is 44.2 Å². The van der Waals surface area contributed by atoms with Crippen LogP contribution in [0.15, 0.2) is 42.5 Å². The van der Waals surface area contributed by atoms with Crippen LogP contribution in [0.3, 0.4) is 0 Å². The topological polar surface area (TPSA) is 89.9 Å². The van der Waals surface area contributed by atoms with E-state index in [-0.39, 0.29) is 23.0 Å². The van der Waals surface area contributed by atoms with Gasteiger partial charge < -0.3 is 14.6 Å². The van der Waals surface area contributed by atoms with Gasteiger partial charge >= 0.3 is 17.9 Å². The molecule has 0 radical (unpaired) electrons. The lowest BCUT2D eigenvalue weighted by atomic mass is 9.96. The van der Waals surface area contributed by atoms with Crippen LogP contribution in [0.25, 0.3) is 11.6 Å². The maximum absolute atomic E-state index is 11.8. The minimum absolute atomic E-state index is 0.0560. The van der Waals surface area contributed by atoms with Crippen molar-refractivity contribution in [2.45, 2.75) is 33.6 Å². The zero-order chi connectivity index (χ0) is 20.8. The third kappa shape index (κ3) is 5.30. The van der Waals surface area contributed by atoms with E-state index in [0.29, 0.717) is 16.7 Å². The predicted octanol–water partition coefficient (Wildman–Crippen LogP) is 4.29. The van der Waals surface area contributed by atoms with E-state index in [0.717, 1.165) is 0 Å². The summed E-state index contributed by atoms with van der Waals surface area (Å²) in [6.45, 7) is 6.28. The van der Waals surface area contributed by atoms with Gasteiger partial charge in [-0.05, 0) is 35.3 Å². The normalized spacial score (nSPS) is 11.2. The Bertz CT molecular complexity index is 888. The molecule has 0 aliphatic carbocycles. The molecule has 0 atom stereocenters. The molecule has 0 saturated carbocycles. The van der Waals surface area contributed by atoms with E-state index in [1.807, 2.05) is 13.8 Å². The molecule has 0 spiro atoms. The maximum Gasteiger partial charge on any atom is 0.336 e. The molecular weight excluding hydrogens is 360 g/mol. The van der Waals surface area contributed by atoms with Gasteiger partial charge in [-0.15, -0.1) is 0 Å². The van der Waals surface area contributed by atoms with E-state index in [4.69, 9.17) is 9.47 Å². The highest BCUT2D eigenvalue weighted by Crippen LogP contribution is 2.38. The summed E-state index contributed by atoms with van der Waals surface area (Å²) in [4.78, 5) is 34.9. The van der Waals surface area contributed by atoms with Gasteiger partial charge in [-0.25, -0.2) is 4.79 Å². The van der Waals surface area contributed by atoms with Crippen LogP contribution in [-0.2, 0) is 14.4 Å². The Labute approximate surface area is 163 Å². The highest BCUT2D eigenvalue weighted by molar-refractivity contribution is 6.20. The molecule has 146 valence electrons. The van der Waals surface area contributed by atoms with Crippen LogP contribution in [0.5, 0.6) is 11.5 Å². The van der Waals surface area contributed by atoms with E-state index >= 15 is 0 Å². The number of carboxylic acids is 1. The molecule has 28 heavy (non-hydrogen) atoms. The van der Waals surface area contributed by atoms with Crippen molar-refractivity contribution >= 4 is 29.6 Å². The molecular formula is C22H22O6. The van der Waals surface area contributed by atoms with Crippen molar-refractivity contribution in [3.63, 3.8) is 0 Å². The van der Waals surface area contributed by atoms with Crippen molar-refractivity contribution in [3.8, 4) is 11.5 Å². The molecule has 0 bridgehead atoms. The molecule has 0 aromatic heterocycles. The molecule has 6 heteroatoms. The summed E-state index contributed by atoms with van der Waals surface area (Å²) in [5.41, 5.74) is 1.56. The van der Waals surface area contributed by atoms with Crippen molar-refractivity contribution in [1.82, 2.24) is 0 Å². The molecule has 6 nitrogen and oxygen atoms in total. The molecule has 0 unspecified atom stereocenters. The van der Waals surface area contributed by atoms with Crippen molar-refractivity contribution in [2.75, 3.05) is 0 Å². The quantitative estimate of drug-likeness (QED) is 0.347. The van der Waals surface area contributed by atoms with Crippen LogP contribution in [0.4, 0.5) is 0 Å². The molecule has 0 amide bonds. The van der Waals surface area contributed by atoms with Crippen molar-refractivity contribution < 1.29 is 29.0 Å². The molecule has 0 saturated heterocycles. The third-order valence-electron chi connectivity index (χ3n) is 3.84. The molecule has 0 fully saturated rings. The zero-order valence-electron chi connectivity index (χ0n) is 16.2. The van der Waals surface area contributed by atoms with Crippen molar-refractivity contribution in [2.24, 2.45) is 0 Å². The standard InChI is InChI=1S/C22H22O6/c1-13(2)21-19(27-14(3)23)11-16(12-20(21)28-15(4)24)10-18(22(25)26)17-8-6-5-7-9-17/h5-13H,1-4H3,(H,25,26). The number of carbonyl (C=O) groups excluding carboxylic acids is 2. The first-order valence-corrected chi connectivity index (χ1v) is 8.74. The highest BCUT2D eigenvalue weighted by atomic mass is 16.5. The number of rotatable bonds is 6. The Balaban J connectivity index is 2.70. The lowest BCUT2D eigenvalue weighted by Crippen LogP contribution is -2.10. The Morgan fingerprint density at radius 2 is 1.43 bits per heavy atom. The van der Waals surface area contributed by atoms with Crippen molar-refractivity contribution in [1.29, 1.82) is 0 Å². The van der Waals surface area contributed by atoms with Gasteiger partial charge in [-0.3, -0.25) is 9.59 Å². The lowest BCUT2D eigenvalue weighted by molar-refractivity contribution is -0.132. The number of esters is 2. The van der Waals surface area contributed by atoms with E-state index in [1.54, 1.807) is 42.5 Å². The van der Waals surface area contributed by atoms with Gasteiger partial charge in [0.25, 0.3) is 0 Å². The van der Waals surface area contributed by atoms with E-state index < -0.39 is 17.9 Å². The Hall–Kier alpha value is -3.41. The second kappa shape index (κ2) is 8.99. The average molecular weight is 382 g/mol. The lowest BCUT2D eigenvalue weighted by Gasteiger charge is -2.17. The summed E-state index contributed by atoms with van der Waals surface area (Å²) < 4.78 is 10.6. The number of benzene rings is 2. The first kappa shape index (κ1) is 20.9. The number of ether oxygens (including phenoxy) is 2. The van der Waals surface area contributed by atoms with Crippen molar-refractivity contribution in [3.05, 3.63) is 59.2 Å². The van der Waals surface area contributed by atoms with E-state index in [9.17, 15) is 19.5 Å². The fraction of sp³-hybridized carbons (Fsp3) is 0.227. The number of carboxylic acid groups (broad SMARTS) is 1. The molecule has 2 aromatic rings. The Kier molecular flexibility index (Phi) is 6.71. The summed E-state index contributed by atoms with van der Waals surface area (Å²) in [5.74, 6) is -1.82. The molecule has 0 heterocycles. The van der Waals surface area contributed by atoms with Gasteiger partial charge in [0, 0.05) is 19.4 Å². The fourth-order valence-corrected chi connectivity index (χ4v) is 2.81. The number of aliphatic carboxylic acids is 1. The summed E-state index contributed by atoms with van der Waals surface area (Å²) in [7, 11) is 0. The monoisotopic (exact) mass is 382 g/mol. The Morgan fingerprint density at radius 1 is 0.929 bits per heavy atom. The van der Waals surface area contributed by atoms with Gasteiger partial charge in [0.15, 0.2) is 0 Å². The van der Waals surface area contributed by atoms with Gasteiger partial charge in [-0.2, -0.15) is 0 Å². The third-order valence-corrected chi connectivity index (χ3v) is 3.84. The second-order valence-electron chi connectivity index (χ2n) is 6.50. The summed E-state index contributed by atoms with van der Waals surface area (Å²) in [6, 6.07) is 11.8. The molecule has 1 N–H and O–H groups in total. The van der Waals surface area contributed by atoms with Crippen LogP contribution < -0.4 is 9.47 Å². The minimum Gasteiger partial charge on any atom is -0.478 e. The highest BCUT2D eigenvalue weighted by Gasteiger charge is 2.20. The van der Waals surface area contributed by atoms with Gasteiger partial charge in [0.2, 0.25) is 0 Å². The molecule has 0 aliphatic heterocycles. The maximum atomic E-state index is 11.8. The fourth-order valence-electron chi connectivity index (χ4n) is 2.81.